The first-order valence-electron chi connectivity index (χ1n) is 10.2. The largest absolute Gasteiger partial charge is 0.364 e. The number of azo groups is 2. The van der Waals surface area contributed by atoms with E-state index >= 15 is 0 Å². The maximum Gasteiger partial charge on any atom is 0.328 e. The van der Waals surface area contributed by atoms with Crippen molar-refractivity contribution in [2.75, 3.05) is 20.1 Å². The number of fused-ring (bicyclic) bond motifs is 1. The van der Waals surface area contributed by atoms with Gasteiger partial charge in [-0.05, 0) is 63.1 Å². The molecule has 3 aliphatic heterocycles. The Morgan fingerprint density at radius 1 is 1.14 bits per heavy atom. The van der Waals surface area contributed by atoms with Gasteiger partial charge in [-0.1, -0.05) is 28.0 Å². The molecule has 1 saturated heterocycles. The van der Waals surface area contributed by atoms with Gasteiger partial charge in [-0.25, -0.2) is 4.68 Å². The van der Waals surface area contributed by atoms with Crippen LogP contribution in [0.15, 0.2) is 64.7 Å². The van der Waals surface area contributed by atoms with Crippen molar-refractivity contribution in [3.05, 3.63) is 65.9 Å². The summed E-state index contributed by atoms with van der Waals surface area (Å²) < 4.78 is 3.89. The Hall–Kier alpha value is -3.06. The van der Waals surface area contributed by atoms with Gasteiger partial charge in [0.05, 0.1) is 23.4 Å². The zero-order valence-electron chi connectivity index (χ0n) is 16.9. The van der Waals surface area contributed by atoms with Crippen molar-refractivity contribution in [2.45, 2.75) is 32.2 Å². The molecular formula is C22H26N7+. The van der Waals surface area contributed by atoms with Gasteiger partial charge in [0, 0.05) is 12.2 Å². The normalized spacial score (nSPS) is 19.9. The Balaban J connectivity index is 1.38. The van der Waals surface area contributed by atoms with Crippen LogP contribution in [0.1, 0.15) is 30.5 Å². The van der Waals surface area contributed by atoms with E-state index in [0.717, 1.165) is 66.7 Å². The zero-order valence-corrected chi connectivity index (χ0v) is 16.9. The molecule has 0 atom stereocenters. The summed E-state index contributed by atoms with van der Waals surface area (Å²) in [5, 5.41) is 13.2. The number of aliphatic imine (C=N–C) groups is 1. The first-order valence-corrected chi connectivity index (χ1v) is 10.2. The molecule has 4 heterocycles. The second kappa shape index (κ2) is 7.40. The second-order valence-corrected chi connectivity index (χ2v) is 7.90. The Morgan fingerprint density at radius 2 is 1.93 bits per heavy atom. The van der Waals surface area contributed by atoms with Crippen LogP contribution in [0.5, 0.6) is 0 Å². The Kier molecular flexibility index (Phi) is 4.60. The van der Waals surface area contributed by atoms with E-state index in [4.69, 9.17) is 10.2 Å². The van der Waals surface area contributed by atoms with Crippen molar-refractivity contribution in [3.8, 4) is 5.69 Å². The molecular weight excluding hydrogens is 362 g/mol. The third-order valence-corrected chi connectivity index (χ3v) is 5.76. The Labute approximate surface area is 170 Å². The number of likely N-dealkylation sites (tertiary alicyclic amines) is 1. The third-order valence-electron chi connectivity index (χ3n) is 5.76. The van der Waals surface area contributed by atoms with E-state index in [-0.39, 0.29) is 0 Å². The topological polar surface area (TPSA) is 60.8 Å². The fourth-order valence-corrected chi connectivity index (χ4v) is 4.03. The van der Waals surface area contributed by atoms with E-state index < -0.39 is 0 Å². The highest BCUT2D eigenvalue weighted by molar-refractivity contribution is 5.85. The van der Waals surface area contributed by atoms with Gasteiger partial charge >= 0.3 is 5.84 Å². The number of benzene rings is 1. The highest BCUT2D eigenvalue weighted by Gasteiger charge is 2.34. The maximum absolute atomic E-state index is 4.87. The molecule has 0 saturated carbocycles. The molecule has 1 aromatic carbocycles. The summed E-state index contributed by atoms with van der Waals surface area (Å²) in [6.45, 7) is 4.29. The average molecular weight is 388 g/mol. The number of nitrogens with zero attached hydrogens (tertiary/aromatic N) is 6. The van der Waals surface area contributed by atoms with Crippen LogP contribution in [0.3, 0.4) is 0 Å². The van der Waals surface area contributed by atoms with Gasteiger partial charge in [-0.15, -0.1) is 0 Å². The quantitative estimate of drug-likeness (QED) is 0.818. The summed E-state index contributed by atoms with van der Waals surface area (Å²) in [5.74, 6) is 1.90. The summed E-state index contributed by atoms with van der Waals surface area (Å²) in [5.41, 5.74) is 4.04. The smallest absolute Gasteiger partial charge is 0.328 e. The van der Waals surface area contributed by atoms with E-state index in [1.54, 1.807) is 0 Å². The highest BCUT2D eigenvalue weighted by atomic mass is 15.4. The molecule has 0 unspecified atom stereocenters. The average Bonchev–Trinajstić information content (AvgIpc) is 3.33. The van der Waals surface area contributed by atoms with Gasteiger partial charge < -0.3 is 10.2 Å². The molecule has 1 fully saturated rings. The molecule has 0 amide bonds. The lowest BCUT2D eigenvalue weighted by molar-refractivity contribution is -0.379. The van der Waals surface area contributed by atoms with Crippen LogP contribution in [0.25, 0.3) is 11.4 Å². The highest BCUT2D eigenvalue weighted by Crippen LogP contribution is 2.28. The first kappa shape index (κ1) is 18.0. The summed E-state index contributed by atoms with van der Waals surface area (Å²) >= 11 is 0. The summed E-state index contributed by atoms with van der Waals surface area (Å²) in [6, 6.07) is 10.6. The van der Waals surface area contributed by atoms with Crippen molar-refractivity contribution in [2.24, 2.45) is 10.1 Å². The van der Waals surface area contributed by atoms with Crippen molar-refractivity contribution in [3.63, 3.8) is 0 Å². The van der Waals surface area contributed by atoms with Gasteiger partial charge in [0.25, 0.3) is 0 Å². The number of nitrogens with one attached hydrogen (secondary N) is 1. The van der Waals surface area contributed by atoms with Crippen LogP contribution < -0.4 is 5.32 Å². The molecule has 148 valence electrons. The molecule has 2 aromatic rings. The molecule has 1 aromatic heterocycles. The molecule has 7 heteroatoms. The first-order chi connectivity index (χ1) is 14.2. The molecule has 7 nitrogen and oxygen atoms in total. The van der Waals surface area contributed by atoms with E-state index in [0.29, 0.717) is 6.04 Å². The number of aryl methyl sites for hydroxylation is 1. The molecule has 0 bridgehead atoms. The van der Waals surface area contributed by atoms with Gasteiger partial charge in [0.2, 0.25) is 5.70 Å². The van der Waals surface area contributed by atoms with Crippen molar-refractivity contribution >= 4 is 11.5 Å². The lowest BCUT2D eigenvalue weighted by atomic mass is 10.1. The number of aromatic nitrogens is 2. The number of hydrogen-bond acceptors (Lipinski definition) is 5. The van der Waals surface area contributed by atoms with Gasteiger partial charge in [0.15, 0.2) is 12.0 Å². The van der Waals surface area contributed by atoms with E-state index in [1.807, 2.05) is 40.7 Å². The maximum atomic E-state index is 4.87. The van der Waals surface area contributed by atoms with Crippen LogP contribution in [-0.4, -0.2) is 51.4 Å². The zero-order chi connectivity index (χ0) is 19.8. The van der Waals surface area contributed by atoms with Crippen LogP contribution in [0.2, 0.25) is 0 Å². The minimum absolute atomic E-state index is 0.484. The fraction of sp³-hybridized carbons (Fsp3) is 0.364. The number of para-hydroxylation sites is 1. The molecule has 29 heavy (non-hydrogen) atoms. The lowest BCUT2D eigenvalue weighted by Gasteiger charge is -2.30. The number of hydrogen-bond donors (Lipinski definition) is 1. The monoisotopic (exact) mass is 388 g/mol. The van der Waals surface area contributed by atoms with E-state index in [1.165, 1.54) is 0 Å². The second-order valence-electron chi connectivity index (χ2n) is 7.90. The van der Waals surface area contributed by atoms with Crippen molar-refractivity contribution < 1.29 is 4.70 Å². The van der Waals surface area contributed by atoms with Crippen molar-refractivity contribution in [1.82, 2.24) is 20.0 Å². The minimum Gasteiger partial charge on any atom is -0.364 e. The van der Waals surface area contributed by atoms with E-state index in [9.17, 15) is 0 Å². The van der Waals surface area contributed by atoms with Crippen LogP contribution >= 0.6 is 0 Å². The van der Waals surface area contributed by atoms with Crippen molar-refractivity contribution in [1.29, 1.82) is 0 Å². The number of amidine groups is 1. The van der Waals surface area contributed by atoms with Gasteiger partial charge in [-0.3, -0.25) is 0 Å². The predicted molar refractivity (Wildman–Crippen MR) is 113 cm³/mol. The summed E-state index contributed by atoms with van der Waals surface area (Å²) in [7, 11) is 2.18. The third kappa shape index (κ3) is 3.53. The van der Waals surface area contributed by atoms with E-state index in [2.05, 4.69) is 46.7 Å². The molecule has 3 aliphatic rings. The SMILES string of the molecule is Cc1nn(-c2ccccc2)cc1C1=CN=C2CC=C(NC3CCN(C)CC3)N=[N+]12. The number of rotatable bonds is 4. The lowest BCUT2D eigenvalue weighted by Crippen LogP contribution is -2.40. The Bertz CT molecular complexity index is 1030. The molecule has 5 rings (SSSR count). The van der Waals surface area contributed by atoms with Crippen LogP contribution in [0.4, 0.5) is 0 Å². The van der Waals surface area contributed by atoms with Crippen LogP contribution in [0, 0.1) is 6.92 Å². The number of piperidine rings is 1. The Morgan fingerprint density at radius 3 is 2.72 bits per heavy atom. The summed E-state index contributed by atoms with van der Waals surface area (Å²) in [4.78, 5) is 6.98. The molecule has 0 spiro atoms. The fourth-order valence-electron chi connectivity index (χ4n) is 4.03. The molecule has 0 aliphatic carbocycles. The summed E-state index contributed by atoms with van der Waals surface area (Å²) in [6.07, 6.45) is 9.19. The molecule has 0 radical (unpaired) electrons. The van der Waals surface area contributed by atoms with Gasteiger partial charge in [-0.2, -0.15) is 5.10 Å². The van der Waals surface area contributed by atoms with Gasteiger partial charge in [0.1, 0.15) is 0 Å². The predicted octanol–water partition coefficient (Wildman–Crippen LogP) is 3.28. The van der Waals surface area contributed by atoms with Crippen LogP contribution in [-0.2, 0) is 0 Å². The minimum atomic E-state index is 0.484. The standard InChI is InChI=1S/C22H26N7/c1-16-19(15-28(25-16)18-6-4-3-5-7-18)20-14-23-22-9-8-21(26-29(20)22)24-17-10-12-27(2)13-11-17/h3-8,14-15,17,24H,9-13H2,1-2H3/q+1. The molecule has 1 N–H and O–H groups in total.